The maximum absolute atomic E-state index is 6.06. The lowest BCUT2D eigenvalue weighted by Gasteiger charge is -2.11. The minimum Gasteiger partial charge on any atom is -0.326 e. The number of nitrogens with two attached hydrogens (primary N) is 1. The van der Waals surface area contributed by atoms with Crippen LogP contribution in [0, 0.1) is 0 Å². The highest BCUT2D eigenvalue weighted by Gasteiger charge is 2.13. The Labute approximate surface area is 119 Å². The Morgan fingerprint density at radius 2 is 1.75 bits per heavy atom. The number of para-hydroxylation sites is 2. The van der Waals surface area contributed by atoms with Gasteiger partial charge in [0.15, 0.2) is 0 Å². The van der Waals surface area contributed by atoms with E-state index >= 15 is 0 Å². The minimum absolute atomic E-state index is 0.0572. The molecule has 20 heavy (non-hydrogen) atoms. The monoisotopic (exact) mass is 265 g/mol. The van der Waals surface area contributed by atoms with Crippen LogP contribution in [0.5, 0.6) is 0 Å². The summed E-state index contributed by atoms with van der Waals surface area (Å²) in [6.07, 6.45) is 0.987. The van der Waals surface area contributed by atoms with E-state index in [0.29, 0.717) is 0 Å². The number of hydrogen-bond donors (Lipinski definition) is 1. The SMILES string of the molecule is CC(N)c1nc2ccccc2n1CCc1ccccc1. The highest BCUT2D eigenvalue weighted by atomic mass is 15.1. The van der Waals surface area contributed by atoms with Gasteiger partial charge >= 0.3 is 0 Å². The predicted octanol–water partition coefficient (Wildman–Crippen LogP) is 3.30. The lowest BCUT2D eigenvalue weighted by Crippen LogP contribution is -2.14. The summed E-state index contributed by atoms with van der Waals surface area (Å²) < 4.78 is 2.24. The first kappa shape index (κ1) is 12.9. The third kappa shape index (κ3) is 2.45. The number of rotatable bonds is 4. The molecule has 102 valence electrons. The van der Waals surface area contributed by atoms with Crippen LogP contribution < -0.4 is 5.73 Å². The van der Waals surface area contributed by atoms with Crippen LogP contribution in [0.1, 0.15) is 24.4 Å². The molecule has 0 aliphatic heterocycles. The van der Waals surface area contributed by atoms with Crippen LogP contribution in [0.3, 0.4) is 0 Å². The number of hydrogen-bond acceptors (Lipinski definition) is 2. The van der Waals surface area contributed by atoms with Crippen LogP contribution in [0.4, 0.5) is 0 Å². The zero-order valence-corrected chi connectivity index (χ0v) is 11.7. The van der Waals surface area contributed by atoms with Gasteiger partial charge in [0.2, 0.25) is 0 Å². The Morgan fingerprint density at radius 3 is 2.50 bits per heavy atom. The number of aryl methyl sites for hydroxylation is 2. The first-order valence-corrected chi connectivity index (χ1v) is 7.00. The molecule has 0 bridgehead atoms. The van der Waals surface area contributed by atoms with Gasteiger partial charge in [0.05, 0.1) is 17.1 Å². The zero-order valence-electron chi connectivity index (χ0n) is 11.7. The molecule has 0 saturated carbocycles. The molecule has 2 N–H and O–H groups in total. The molecule has 0 aliphatic carbocycles. The number of nitrogens with zero attached hydrogens (tertiary/aromatic N) is 2. The summed E-state index contributed by atoms with van der Waals surface area (Å²) in [7, 11) is 0. The van der Waals surface area contributed by atoms with Crippen molar-refractivity contribution in [1.82, 2.24) is 9.55 Å². The van der Waals surface area contributed by atoms with Crippen molar-refractivity contribution in [3.8, 4) is 0 Å². The summed E-state index contributed by atoms with van der Waals surface area (Å²) >= 11 is 0. The van der Waals surface area contributed by atoms with Gasteiger partial charge < -0.3 is 10.3 Å². The molecule has 1 aromatic heterocycles. The topological polar surface area (TPSA) is 43.8 Å². The second kappa shape index (κ2) is 5.47. The average Bonchev–Trinajstić information content (AvgIpc) is 2.85. The van der Waals surface area contributed by atoms with Crippen molar-refractivity contribution < 1.29 is 0 Å². The molecule has 0 aliphatic rings. The van der Waals surface area contributed by atoms with Crippen molar-refractivity contribution in [3.05, 3.63) is 66.0 Å². The van der Waals surface area contributed by atoms with E-state index in [0.717, 1.165) is 29.8 Å². The predicted molar refractivity (Wildman–Crippen MR) is 82.5 cm³/mol. The third-order valence-corrected chi connectivity index (χ3v) is 3.56. The van der Waals surface area contributed by atoms with E-state index < -0.39 is 0 Å². The van der Waals surface area contributed by atoms with Gasteiger partial charge in [0.1, 0.15) is 5.82 Å². The summed E-state index contributed by atoms with van der Waals surface area (Å²) in [6.45, 7) is 2.89. The maximum Gasteiger partial charge on any atom is 0.126 e. The lowest BCUT2D eigenvalue weighted by molar-refractivity contribution is 0.622. The summed E-state index contributed by atoms with van der Waals surface area (Å²) in [6, 6.07) is 18.7. The van der Waals surface area contributed by atoms with Crippen LogP contribution >= 0.6 is 0 Å². The lowest BCUT2D eigenvalue weighted by atomic mass is 10.1. The van der Waals surface area contributed by atoms with Gasteiger partial charge in [-0.1, -0.05) is 42.5 Å². The third-order valence-electron chi connectivity index (χ3n) is 3.56. The largest absolute Gasteiger partial charge is 0.326 e. The molecule has 2 aromatic carbocycles. The summed E-state index contributed by atoms with van der Waals surface area (Å²) in [4.78, 5) is 4.66. The summed E-state index contributed by atoms with van der Waals surface area (Å²) in [5, 5.41) is 0. The fourth-order valence-electron chi connectivity index (χ4n) is 2.56. The van der Waals surface area contributed by atoms with Crippen LogP contribution in [-0.2, 0) is 13.0 Å². The Kier molecular flexibility index (Phi) is 3.52. The van der Waals surface area contributed by atoms with Crippen LogP contribution in [0.15, 0.2) is 54.6 Å². The van der Waals surface area contributed by atoms with E-state index in [9.17, 15) is 0 Å². The molecule has 0 amide bonds. The molecule has 1 atom stereocenters. The molecule has 0 fully saturated rings. The van der Waals surface area contributed by atoms with Crippen molar-refractivity contribution >= 4 is 11.0 Å². The Morgan fingerprint density at radius 1 is 1.05 bits per heavy atom. The molecular formula is C17H19N3. The van der Waals surface area contributed by atoms with Crippen LogP contribution in [0.25, 0.3) is 11.0 Å². The van der Waals surface area contributed by atoms with Crippen molar-refractivity contribution in [2.75, 3.05) is 0 Å². The molecule has 3 heteroatoms. The molecule has 3 nitrogen and oxygen atoms in total. The van der Waals surface area contributed by atoms with E-state index in [2.05, 4.69) is 39.9 Å². The smallest absolute Gasteiger partial charge is 0.126 e. The fraction of sp³-hybridized carbons (Fsp3) is 0.235. The molecule has 3 aromatic rings. The fourth-order valence-corrected chi connectivity index (χ4v) is 2.56. The molecule has 3 rings (SSSR count). The van der Waals surface area contributed by atoms with E-state index in [-0.39, 0.29) is 6.04 Å². The summed E-state index contributed by atoms with van der Waals surface area (Å²) in [5.74, 6) is 0.960. The molecule has 0 spiro atoms. The molecule has 1 unspecified atom stereocenters. The Hall–Kier alpha value is -2.13. The average molecular weight is 265 g/mol. The first-order chi connectivity index (χ1) is 9.75. The van der Waals surface area contributed by atoms with Crippen molar-refractivity contribution in [2.45, 2.75) is 25.9 Å². The molecule has 0 radical (unpaired) electrons. The molecule has 1 heterocycles. The van der Waals surface area contributed by atoms with E-state index in [1.165, 1.54) is 5.56 Å². The standard InChI is InChI=1S/C17H19N3/c1-13(18)17-19-15-9-5-6-10-16(15)20(17)12-11-14-7-3-2-4-8-14/h2-10,13H,11-12,18H2,1H3. The number of fused-ring (bicyclic) bond motifs is 1. The van der Waals surface area contributed by atoms with Crippen molar-refractivity contribution in [1.29, 1.82) is 0 Å². The van der Waals surface area contributed by atoms with Crippen LogP contribution in [-0.4, -0.2) is 9.55 Å². The van der Waals surface area contributed by atoms with Gasteiger partial charge in [0.25, 0.3) is 0 Å². The van der Waals surface area contributed by atoms with E-state index in [1.807, 2.05) is 31.2 Å². The number of imidazole rings is 1. The maximum atomic E-state index is 6.06. The Bertz CT molecular complexity index is 699. The zero-order chi connectivity index (χ0) is 13.9. The highest BCUT2D eigenvalue weighted by molar-refractivity contribution is 5.76. The quantitative estimate of drug-likeness (QED) is 0.786. The van der Waals surface area contributed by atoms with E-state index in [4.69, 9.17) is 5.73 Å². The van der Waals surface area contributed by atoms with Gasteiger partial charge in [-0.15, -0.1) is 0 Å². The van der Waals surface area contributed by atoms with Gasteiger partial charge in [-0.3, -0.25) is 0 Å². The number of aromatic nitrogens is 2. The minimum atomic E-state index is -0.0572. The van der Waals surface area contributed by atoms with Gasteiger partial charge in [0, 0.05) is 6.54 Å². The second-order valence-corrected chi connectivity index (χ2v) is 5.13. The van der Waals surface area contributed by atoms with E-state index in [1.54, 1.807) is 0 Å². The van der Waals surface area contributed by atoms with Gasteiger partial charge in [-0.05, 0) is 31.0 Å². The first-order valence-electron chi connectivity index (χ1n) is 7.00. The highest BCUT2D eigenvalue weighted by Crippen LogP contribution is 2.20. The summed E-state index contributed by atoms with van der Waals surface area (Å²) in [5.41, 5.74) is 9.58. The van der Waals surface area contributed by atoms with Crippen molar-refractivity contribution in [2.24, 2.45) is 5.73 Å². The molecule has 0 saturated heterocycles. The van der Waals surface area contributed by atoms with Crippen molar-refractivity contribution in [3.63, 3.8) is 0 Å². The number of benzene rings is 2. The van der Waals surface area contributed by atoms with Crippen LogP contribution in [0.2, 0.25) is 0 Å². The van der Waals surface area contributed by atoms with Gasteiger partial charge in [-0.2, -0.15) is 0 Å². The Balaban J connectivity index is 1.95. The molecular weight excluding hydrogens is 246 g/mol. The second-order valence-electron chi connectivity index (χ2n) is 5.13. The normalized spacial score (nSPS) is 12.7. The van der Waals surface area contributed by atoms with Gasteiger partial charge in [-0.25, -0.2) is 4.98 Å².